The number of hydrogen-bond donors (Lipinski definition) is 2. The summed E-state index contributed by atoms with van der Waals surface area (Å²) in [6, 6.07) is 0. The SMILES string of the molecule is NC1(CO)CCOC2(CCC2)C1. The Labute approximate surface area is 72.9 Å². The van der Waals surface area contributed by atoms with E-state index in [4.69, 9.17) is 15.6 Å². The standard InChI is InChI=1S/C9H17NO2/c10-8(7-11)4-5-12-9(6-8)2-1-3-9/h11H,1-7,10H2. The summed E-state index contributed by atoms with van der Waals surface area (Å²) in [4.78, 5) is 0. The quantitative estimate of drug-likeness (QED) is 0.600. The second-order valence-corrected chi connectivity index (χ2v) is 4.33. The summed E-state index contributed by atoms with van der Waals surface area (Å²) >= 11 is 0. The highest BCUT2D eigenvalue weighted by molar-refractivity contribution is 5.02. The van der Waals surface area contributed by atoms with E-state index in [1.807, 2.05) is 0 Å². The van der Waals surface area contributed by atoms with Gasteiger partial charge in [-0.15, -0.1) is 0 Å². The van der Waals surface area contributed by atoms with Gasteiger partial charge in [-0.2, -0.15) is 0 Å². The molecule has 3 heteroatoms. The van der Waals surface area contributed by atoms with Gasteiger partial charge in [0, 0.05) is 12.1 Å². The van der Waals surface area contributed by atoms with E-state index in [0.29, 0.717) is 0 Å². The van der Waals surface area contributed by atoms with E-state index in [2.05, 4.69) is 0 Å². The first kappa shape index (κ1) is 8.48. The van der Waals surface area contributed by atoms with Crippen molar-refractivity contribution in [2.24, 2.45) is 5.73 Å². The van der Waals surface area contributed by atoms with Gasteiger partial charge in [0.2, 0.25) is 0 Å². The Balaban J connectivity index is 2.03. The third-order valence-corrected chi connectivity index (χ3v) is 3.26. The van der Waals surface area contributed by atoms with Crippen molar-refractivity contribution in [1.82, 2.24) is 0 Å². The molecule has 0 aromatic carbocycles. The van der Waals surface area contributed by atoms with E-state index >= 15 is 0 Å². The number of aliphatic hydroxyl groups is 1. The molecule has 1 spiro atoms. The van der Waals surface area contributed by atoms with E-state index in [1.165, 1.54) is 6.42 Å². The smallest absolute Gasteiger partial charge is 0.0701 e. The molecule has 70 valence electrons. The molecular formula is C9H17NO2. The van der Waals surface area contributed by atoms with Crippen LogP contribution in [0.3, 0.4) is 0 Å². The Kier molecular flexibility index (Phi) is 1.90. The zero-order chi connectivity index (χ0) is 8.66. The van der Waals surface area contributed by atoms with Crippen LogP contribution in [-0.4, -0.2) is 29.5 Å². The fourth-order valence-corrected chi connectivity index (χ4v) is 2.28. The molecule has 12 heavy (non-hydrogen) atoms. The lowest BCUT2D eigenvalue weighted by molar-refractivity contribution is -0.153. The molecular weight excluding hydrogens is 154 g/mol. The lowest BCUT2D eigenvalue weighted by Crippen LogP contribution is -2.58. The predicted octanol–water partition coefficient (Wildman–Crippen LogP) is 0.409. The molecule has 0 bridgehead atoms. The summed E-state index contributed by atoms with van der Waals surface area (Å²) < 4.78 is 5.71. The summed E-state index contributed by atoms with van der Waals surface area (Å²) in [5.41, 5.74) is 5.70. The highest BCUT2D eigenvalue weighted by Gasteiger charge is 2.47. The fourth-order valence-electron chi connectivity index (χ4n) is 2.28. The Hall–Kier alpha value is -0.120. The molecule has 0 aromatic heterocycles. The van der Waals surface area contributed by atoms with Crippen LogP contribution in [0.25, 0.3) is 0 Å². The molecule has 1 aliphatic heterocycles. The maximum absolute atomic E-state index is 9.12. The molecule has 1 saturated heterocycles. The molecule has 1 unspecified atom stereocenters. The van der Waals surface area contributed by atoms with Crippen LogP contribution < -0.4 is 5.73 Å². The van der Waals surface area contributed by atoms with E-state index in [-0.39, 0.29) is 17.7 Å². The predicted molar refractivity (Wildman–Crippen MR) is 45.8 cm³/mol. The number of ether oxygens (including phenoxy) is 1. The van der Waals surface area contributed by atoms with Crippen molar-refractivity contribution >= 4 is 0 Å². The number of hydrogen-bond acceptors (Lipinski definition) is 3. The summed E-state index contributed by atoms with van der Waals surface area (Å²) in [6.45, 7) is 0.815. The van der Waals surface area contributed by atoms with E-state index < -0.39 is 0 Å². The Morgan fingerprint density at radius 2 is 2.08 bits per heavy atom. The molecule has 1 heterocycles. The molecule has 3 N–H and O–H groups in total. The van der Waals surface area contributed by atoms with Crippen LogP contribution in [0.2, 0.25) is 0 Å². The first-order valence-corrected chi connectivity index (χ1v) is 4.72. The number of rotatable bonds is 1. The van der Waals surface area contributed by atoms with Gasteiger partial charge in [-0.05, 0) is 32.1 Å². The summed E-state index contributed by atoms with van der Waals surface area (Å²) in [5.74, 6) is 0. The number of nitrogens with two attached hydrogens (primary N) is 1. The van der Waals surface area contributed by atoms with Gasteiger partial charge in [0.25, 0.3) is 0 Å². The Morgan fingerprint density at radius 3 is 2.58 bits per heavy atom. The largest absolute Gasteiger partial charge is 0.394 e. The Bertz CT molecular complexity index is 170. The van der Waals surface area contributed by atoms with Crippen molar-refractivity contribution in [3.05, 3.63) is 0 Å². The minimum absolute atomic E-state index is 0.0513. The molecule has 1 saturated carbocycles. The molecule has 2 rings (SSSR count). The monoisotopic (exact) mass is 171 g/mol. The lowest BCUT2D eigenvalue weighted by Gasteiger charge is -2.50. The molecule has 0 radical (unpaired) electrons. The summed E-state index contributed by atoms with van der Waals surface area (Å²) in [7, 11) is 0. The van der Waals surface area contributed by atoms with Gasteiger partial charge in [0.1, 0.15) is 0 Å². The Morgan fingerprint density at radius 1 is 1.33 bits per heavy atom. The lowest BCUT2D eigenvalue weighted by atomic mass is 9.69. The van der Waals surface area contributed by atoms with Crippen LogP contribution in [0.15, 0.2) is 0 Å². The summed E-state index contributed by atoms with van der Waals surface area (Å²) in [5, 5.41) is 9.12. The minimum atomic E-state index is -0.362. The van der Waals surface area contributed by atoms with Gasteiger partial charge in [0.05, 0.1) is 12.2 Å². The average molecular weight is 171 g/mol. The van der Waals surface area contributed by atoms with E-state index in [1.54, 1.807) is 0 Å². The van der Waals surface area contributed by atoms with Gasteiger partial charge in [-0.3, -0.25) is 0 Å². The maximum Gasteiger partial charge on any atom is 0.0701 e. The molecule has 0 aromatic rings. The van der Waals surface area contributed by atoms with Crippen LogP contribution in [0, 0.1) is 0 Å². The third kappa shape index (κ3) is 1.26. The zero-order valence-corrected chi connectivity index (χ0v) is 7.38. The van der Waals surface area contributed by atoms with Crippen molar-refractivity contribution in [1.29, 1.82) is 0 Å². The normalized spacial score (nSPS) is 39.5. The molecule has 2 aliphatic rings. The zero-order valence-electron chi connectivity index (χ0n) is 7.38. The van der Waals surface area contributed by atoms with E-state index in [0.717, 1.165) is 32.3 Å². The van der Waals surface area contributed by atoms with Crippen molar-refractivity contribution in [3.8, 4) is 0 Å². The third-order valence-electron chi connectivity index (χ3n) is 3.26. The second-order valence-electron chi connectivity index (χ2n) is 4.33. The second kappa shape index (κ2) is 2.69. The first-order valence-electron chi connectivity index (χ1n) is 4.72. The van der Waals surface area contributed by atoms with Gasteiger partial charge < -0.3 is 15.6 Å². The minimum Gasteiger partial charge on any atom is -0.394 e. The van der Waals surface area contributed by atoms with E-state index in [9.17, 15) is 0 Å². The highest BCUT2D eigenvalue weighted by Crippen LogP contribution is 2.44. The summed E-state index contributed by atoms with van der Waals surface area (Å²) in [6.07, 6.45) is 5.15. The topological polar surface area (TPSA) is 55.5 Å². The van der Waals surface area contributed by atoms with Crippen LogP contribution in [0.4, 0.5) is 0 Å². The van der Waals surface area contributed by atoms with Crippen LogP contribution in [-0.2, 0) is 4.74 Å². The van der Waals surface area contributed by atoms with Gasteiger partial charge in [-0.1, -0.05) is 0 Å². The molecule has 0 amide bonds. The molecule has 1 atom stereocenters. The van der Waals surface area contributed by atoms with Gasteiger partial charge >= 0.3 is 0 Å². The maximum atomic E-state index is 9.12. The van der Waals surface area contributed by atoms with Crippen molar-refractivity contribution in [2.45, 2.75) is 43.2 Å². The molecule has 3 nitrogen and oxygen atoms in total. The first-order chi connectivity index (χ1) is 5.68. The average Bonchev–Trinajstić information content (AvgIpc) is 2.02. The molecule has 2 fully saturated rings. The van der Waals surface area contributed by atoms with Crippen LogP contribution >= 0.6 is 0 Å². The van der Waals surface area contributed by atoms with Gasteiger partial charge in [-0.25, -0.2) is 0 Å². The number of aliphatic hydroxyl groups excluding tert-OH is 1. The molecule has 1 aliphatic carbocycles. The van der Waals surface area contributed by atoms with Crippen molar-refractivity contribution < 1.29 is 9.84 Å². The van der Waals surface area contributed by atoms with Crippen molar-refractivity contribution in [3.63, 3.8) is 0 Å². The van der Waals surface area contributed by atoms with Crippen LogP contribution in [0.1, 0.15) is 32.1 Å². The fraction of sp³-hybridized carbons (Fsp3) is 1.00. The highest BCUT2D eigenvalue weighted by atomic mass is 16.5. The van der Waals surface area contributed by atoms with Crippen molar-refractivity contribution in [2.75, 3.05) is 13.2 Å². The van der Waals surface area contributed by atoms with Gasteiger partial charge in [0.15, 0.2) is 0 Å². The van der Waals surface area contributed by atoms with Crippen LogP contribution in [0.5, 0.6) is 0 Å².